The highest BCUT2D eigenvalue weighted by molar-refractivity contribution is 7.10. The molecule has 2 amide bonds. The van der Waals surface area contributed by atoms with E-state index in [0.717, 1.165) is 23.7 Å². The molecule has 3 aromatic rings. The van der Waals surface area contributed by atoms with Gasteiger partial charge in [-0.2, -0.15) is 4.37 Å². The molecular weight excluding hydrogens is 464 g/mol. The summed E-state index contributed by atoms with van der Waals surface area (Å²) >= 11 is 1.02. The first-order valence-electron chi connectivity index (χ1n) is 9.18. The van der Waals surface area contributed by atoms with Crippen LogP contribution in [-0.4, -0.2) is 50.2 Å². The van der Waals surface area contributed by atoms with Crippen molar-refractivity contribution in [1.82, 2.24) is 19.2 Å². The highest BCUT2D eigenvalue weighted by Crippen LogP contribution is 2.28. The van der Waals surface area contributed by atoms with E-state index in [1.54, 1.807) is 11.8 Å². The van der Waals surface area contributed by atoms with Gasteiger partial charge < -0.3 is 21.3 Å². The van der Waals surface area contributed by atoms with Crippen LogP contribution in [-0.2, 0) is 0 Å². The van der Waals surface area contributed by atoms with E-state index in [4.69, 9.17) is 5.73 Å². The molecule has 0 unspecified atom stereocenters. The Morgan fingerprint density at radius 3 is 2.66 bits per heavy atom. The summed E-state index contributed by atoms with van der Waals surface area (Å²) in [4.78, 5) is 35.0. The maximum Gasteiger partial charge on any atom is 0.274 e. The van der Waals surface area contributed by atoms with Gasteiger partial charge in [0.1, 0.15) is 16.5 Å². The van der Waals surface area contributed by atoms with Gasteiger partial charge in [-0.15, -0.1) is 12.4 Å². The number of aryl methyl sites for hydroxylation is 1. The van der Waals surface area contributed by atoms with Crippen LogP contribution in [0.1, 0.15) is 26.5 Å². The SMILES string of the molecule is Cc1nsc(Nc2cncc(C(=O)N3CC(N)C3)n2)c1C(=O)Nc1ccc(F)c(F)c1.Cl. The van der Waals surface area contributed by atoms with Crippen molar-refractivity contribution in [3.63, 3.8) is 0 Å². The number of nitrogens with one attached hydrogen (secondary N) is 2. The minimum atomic E-state index is -1.07. The fourth-order valence-corrected chi connectivity index (χ4v) is 3.78. The lowest BCUT2D eigenvalue weighted by Crippen LogP contribution is -2.57. The van der Waals surface area contributed by atoms with Crippen molar-refractivity contribution in [2.75, 3.05) is 23.7 Å². The van der Waals surface area contributed by atoms with Gasteiger partial charge in [0, 0.05) is 30.9 Å². The number of amides is 2. The fraction of sp³-hybridized carbons (Fsp3) is 0.211. The van der Waals surface area contributed by atoms with E-state index in [0.29, 0.717) is 23.8 Å². The highest BCUT2D eigenvalue weighted by atomic mass is 35.5. The number of nitrogens with two attached hydrogens (primary N) is 1. The summed E-state index contributed by atoms with van der Waals surface area (Å²) in [6.07, 6.45) is 2.76. The number of likely N-dealkylation sites (tertiary alicyclic amines) is 1. The molecule has 0 aliphatic carbocycles. The number of carbonyl (C=O) groups is 2. The molecule has 1 saturated heterocycles. The van der Waals surface area contributed by atoms with Gasteiger partial charge >= 0.3 is 0 Å². The van der Waals surface area contributed by atoms with Gasteiger partial charge in [0.05, 0.1) is 23.7 Å². The van der Waals surface area contributed by atoms with Crippen molar-refractivity contribution < 1.29 is 18.4 Å². The van der Waals surface area contributed by atoms with Gasteiger partial charge in [0.15, 0.2) is 11.6 Å². The molecule has 3 heterocycles. The molecule has 0 spiro atoms. The third-order valence-corrected chi connectivity index (χ3v) is 5.41. The van der Waals surface area contributed by atoms with E-state index < -0.39 is 17.5 Å². The predicted octanol–water partition coefficient (Wildman–Crippen LogP) is 2.72. The summed E-state index contributed by atoms with van der Waals surface area (Å²) < 4.78 is 30.7. The van der Waals surface area contributed by atoms with Crippen molar-refractivity contribution in [3.8, 4) is 0 Å². The van der Waals surface area contributed by atoms with Crippen LogP contribution in [0.2, 0.25) is 0 Å². The van der Waals surface area contributed by atoms with Crippen molar-refractivity contribution in [2.45, 2.75) is 13.0 Å². The van der Waals surface area contributed by atoms with Gasteiger partial charge in [0.2, 0.25) is 0 Å². The highest BCUT2D eigenvalue weighted by Gasteiger charge is 2.29. The largest absolute Gasteiger partial charge is 0.334 e. The molecule has 0 atom stereocenters. The molecule has 168 valence electrons. The normalized spacial score (nSPS) is 13.2. The third kappa shape index (κ3) is 4.82. The summed E-state index contributed by atoms with van der Waals surface area (Å²) in [5, 5.41) is 5.83. The number of nitrogens with zero attached hydrogens (tertiary/aromatic N) is 4. The summed E-state index contributed by atoms with van der Waals surface area (Å²) in [5.74, 6) is -2.68. The summed E-state index contributed by atoms with van der Waals surface area (Å²) in [6.45, 7) is 2.56. The number of rotatable bonds is 5. The molecule has 0 saturated carbocycles. The molecule has 0 bridgehead atoms. The van der Waals surface area contributed by atoms with Crippen LogP contribution in [0.5, 0.6) is 0 Å². The minimum absolute atomic E-state index is 0. The monoisotopic (exact) mass is 481 g/mol. The fourth-order valence-electron chi connectivity index (χ4n) is 2.98. The van der Waals surface area contributed by atoms with Crippen LogP contribution in [0, 0.1) is 18.6 Å². The number of halogens is 3. The second-order valence-corrected chi connectivity index (χ2v) is 7.71. The summed E-state index contributed by atoms with van der Waals surface area (Å²) in [7, 11) is 0. The lowest BCUT2D eigenvalue weighted by molar-refractivity contribution is 0.0601. The first-order chi connectivity index (χ1) is 14.8. The number of benzene rings is 1. The number of aromatic nitrogens is 3. The Labute approximate surface area is 191 Å². The van der Waals surface area contributed by atoms with Gasteiger partial charge in [-0.3, -0.25) is 14.6 Å². The van der Waals surface area contributed by atoms with Gasteiger partial charge in [0.25, 0.3) is 11.8 Å². The van der Waals surface area contributed by atoms with Crippen molar-refractivity contribution in [1.29, 1.82) is 0 Å². The zero-order valence-electron chi connectivity index (χ0n) is 16.6. The molecule has 0 radical (unpaired) electrons. The summed E-state index contributed by atoms with van der Waals surface area (Å²) in [5.41, 5.74) is 6.59. The Bertz CT molecular complexity index is 1170. The van der Waals surface area contributed by atoms with Crippen LogP contribution in [0.25, 0.3) is 0 Å². The molecule has 13 heteroatoms. The zero-order valence-corrected chi connectivity index (χ0v) is 18.3. The third-order valence-electron chi connectivity index (χ3n) is 4.56. The molecule has 1 aromatic carbocycles. The van der Waals surface area contributed by atoms with Crippen molar-refractivity contribution in [3.05, 3.63) is 59.2 Å². The van der Waals surface area contributed by atoms with E-state index in [1.807, 2.05) is 0 Å². The van der Waals surface area contributed by atoms with Crippen LogP contribution >= 0.6 is 23.9 Å². The minimum Gasteiger partial charge on any atom is -0.334 e. The number of carbonyl (C=O) groups excluding carboxylic acids is 2. The molecular formula is C19H18ClF2N7O2S. The molecule has 1 fully saturated rings. The number of hydrogen-bond acceptors (Lipinski definition) is 8. The van der Waals surface area contributed by atoms with Crippen LogP contribution in [0.4, 0.5) is 25.3 Å². The quantitative estimate of drug-likeness (QED) is 0.511. The van der Waals surface area contributed by atoms with Gasteiger partial charge in [-0.1, -0.05) is 0 Å². The Hall–Kier alpha value is -3.22. The Morgan fingerprint density at radius 2 is 1.97 bits per heavy atom. The second kappa shape index (κ2) is 9.51. The van der Waals surface area contributed by atoms with Crippen molar-refractivity contribution >= 4 is 52.3 Å². The number of hydrogen-bond donors (Lipinski definition) is 3. The topological polar surface area (TPSA) is 126 Å². The number of anilines is 3. The van der Waals surface area contributed by atoms with Crippen LogP contribution in [0.15, 0.2) is 30.6 Å². The first-order valence-corrected chi connectivity index (χ1v) is 9.95. The van der Waals surface area contributed by atoms with Gasteiger partial charge in [-0.25, -0.2) is 13.8 Å². The molecule has 4 N–H and O–H groups in total. The Balaban J connectivity index is 0.00000289. The first kappa shape index (κ1) is 23.4. The van der Waals surface area contributed by atoms with E-state index in [-0.39, 0.29) is 47.1 Å². The lowest BCUT2D eigenvalue weighted by Gasteiger charge is -2.36. The van der Waals surface area contributed by atoms with E-state index in [1.165, 1.54) is 18.5 Å². The standard InChI is InChI=1S/C19H17F2N7O2S.ClH/c1-9-16(17(29)24-11-2-3-12(20)13(21)4-11)18(31-27-9)26-15-6-23-5-14(25-15)19(30)28-7-10(22)8-28;/h2-6,10H,7-8,22H2,1H3,(H,24,29)(H,25,26);1H. The summed E-state index contributed by atoms with van der Waals surface area (Å²) in [6, 6.07) is 3.03. The predicted molar refractivity (Wildman–Crippen MR) is 118 cm³/mol. The maximum absolute atomic E-state index is 13.4. The Morgan fingerprint density at radius 1 is 1.22 bits per heavy atom. The zero-order chi connectivity index (χ0) is 22.1. The molecule has 4 rings (SSSR count). The van der Waals surface area contributed by atoms with E-state index >= 15 is 0 Å². The average Bonchev–Trinajstić information content (AvgIpc) is 3.08. The lowest BCUT2D eigenvalue weighted by atomic mass is 10.1. The average molecular weight is 482 g/mol. The van der Waals surface area contributed by atoms with Crippen LogP contribution in [0.3, 0.4) is 0 Å². The second-order valence-electron chi connectivity index (χ2n) is 6.94. The van der Waals surface area contributed by atoms with Gasteiger partial charge in [-0.05, 0) is 30.6 Å². The maximum atomic E-state index is 13.4. The molecule has 1 aliphatic heterocycles. The van der Waals surface area contributed by atoms with E-state index in [2.05, 4.69) is 25.0 Å². The smallest absolute Gasteiger partial charge is 0.274 e. The van der Waals surface area contributed by atoms with Crippen LogP contribution < -0.4 is 16.4 Å². The molecule has 2 aromatic heterocycles. The Kier molecular flexibility index (Phi) is 6.96. The van der Waals surface area contributed by atoms with E-state index in [9.17, 15) is 18.4 Å². The molecule has 1 aliphatic rings. The van der Waals surface area contributed by atoms with Crippen molar-refractivity contribution in [2.24, 2.45) is 5.73 Å². The molecule has 32 heavy (non-hydrogen) atoms. The molecule has 9 nitrogen and oxygen atoms in total.